The number of amides is 3. The van der Waals surface area contributed by atoms with Crippen LogP contribution in [0.5, 0.6) is 0 Å². The van der Waals surface area contributed by atoms with E-state index in [4.69, 9.17) is 0 Å². The van der Waals surface area contributed by atoms with Gasteiger partial charge in [-0.05, 0) is 25.0 Å². The highest BCUT2D eigenvalue weighted by molar-refractivity contribution is 5.95. The van der Waals surface area contributed by atoms with E-state index >= 15 is 0 Å². The van der Waals surface area contributed by atoms with Crippen LogP contribution in [0.25, 0.3) is 0 Å². The van der Waals surface area contributed by atoms with Crippen LogP contribution in [0.2, 0.25) is 0 Å². The van der Waals surface area contributed by atoms with Crippen LogP contribution in [0.3, 0.4) is 0 Å². The number of halogens is 1. The average Bonchev–Trinajstić information content (AvgIpc) is 3.43. The number of benzene rings is 1. The first-order valence-electron chi connectivity index (χ1n) is 9.16. The third-order valence-electron chi connectivity index (χ3n) is 5.48. The Kier molecular flexibility index (Phi) is 4.38. The number of hydrogen-bond donors (Lipinski definition) is 0. The van der Waals surface area contributed by atoms with Gasteiger partial charge in [-0.15, -0.1) is 0 Å². The van der Waals surface area contributed by atoms with Gasteiger partial charge in [0.05, 0.1) is 11.5 Å². The predicted octanol–water partition coefficient (Wildman–Crippen LogP) is 1.12. The lowest BCUT2D eigenvalue weighted by atomic mass is 10.1. The van der Waals surface area contributed by atoms with Gasteiger partial charge in [-0.25, -0.2) is 4.39 Å². The number of carbonyl (C=O) groups excluding carboxylic acids is 3. The number of rotatable bonds is 3. The molecule has 2 aliphatic heterocycles. The Labute approximate surface area is 151 Å². The summed E-state index contributed by atoms with van der Waals surface area (Å²) in [5.41, 5.74) is 0.0636. The Hall–Kier alpha value is -2.44. The molecule has 4 rings (SSSR count). The summed E-state index contributed by atoms with van der Waals surface area (Å²) in [6, 6.07) is 6.28. The van der Waals surface area contributed by atoms with Crippen molar-refractivity contribution in [3.8, 4) is 0 Å². The van der Waals surface area contributed by atoms with Gasteiger partial charge in [0.2, 0.25) is 11.8 Å². The van der Waals surface area contributed by atoms with Gasteiger partial charge in [-0.3, -0.25) is 14.4 Å². The molecule has 1 aromatic carbocycles. The minimum Gasteiger partial charge on any atom is -0.339 e. The van der Waals surface area contributed by atoms with E-state index in [1.165, 1.54) is 12.1 Å². The molecule has 2 heterocycles. The summed E-state index contributed by atoms with van der Waals surface area (Å²) >= 11 is 0. The normalized spacial score (nSPS) is 23.5. The van der Waals surface area contributed by atoms with Crippen LogP contribution < -0.4 is 0 Å². The Bertz CT molecular complexity index is 741. The fourth-order valence-electron chi connectivity index (χ4n) is 3.83. The predicted molar refractivity (Wildman–Crippen MR) is 91.7 cm³/mol. The number of nitrogens with zero attached hydrogens (tertiary/aromatic N) is 3. The first-order valence-corrected chi connectivity index (χ1v) is 9.16. The van der Waals surface area contributed by atoms with Crippen molar-refractivity contribution in [1.82, 2.24) is 14.7 Å². The second kappa shape index (κ2) is 6.70. The van der Waals surface area contributed by atoms with Gasteiger partial charge in [-0.1, -0.05) is 12.1 Å². The highest BCUT2D eigenvalue weighted by atomic mass is 19.1. The molecule has 3 amide bonds. The van der Waals surface area contributed by atoms with Crippen LogP contribution in [0, 0.1) is 11.7 Å². The summed E-state index contributed by atoms with van der Waals surface area (Å²) in [5.74, 6) is -1.05. The van der Waals surface area contributed by atoms with Crippen LogP contribution >= 0.6 is 0 Å². The quantitative estimate of drug-likeness (QED) is 0.813. The topological polar surface area (TPSA) is 60.9 Å². The van der Waals surface area contributed by atoms with Gasteiger partial charge in [0.15, 0.2) is 0 Å². The van der Waals surface area contributed by atoms with E-state index in [0.29, 0.717) is 45.2 Å². The summed E-state index contributed by atoms with van der Waals surface area (Å²) in [7, 11) is 0. The molecule has 1 unspecified atom stereocenters. The maximum atomic E-state index is 13.8. The van der Waals surface area contributed by atoms with Crippen molar-refractivity contribution in [2.24, 2.45) is 5.92 Å². The van der Waals surface area contributed by atoms with Crippen LogP contribution in [0.15, 0.2) is 24.3 Å². The van der Waals surface area contributed by atoms with E-state index in [1.807, 2.05) is 4.90 Å². The summed E-state index contributed by atoms with van der Waals surface area (Å²) < 4.78 is 13.8. The molecular formula is C19H22FN3O3. The lowest BCUT2D eigenvalue weighted by molar-refractivity contribution is -0.137. The zero-order valence-corrected chi connectivity index (χ0v) is 14.6. The molecular weight excluding hydrogens is 337 g/mol. The highest BCUT2D eigenvalue weighted by Crippen LogP contribution is 2.33. The van der Waals surface area contributed by atoms with Crippen LogP contribution in [0.1, 0.15) is 29.6 Å². The van der Waals surface area contributed by atoms with Crippen molar-refractivity contribution in [3.63, 3.8) is 0 Å². The molecule has 1 aromatic rings. The molecule has 6 nitrogen and oxygen atoms in total. The summed E-state index contributed by atoms with van der Waals surface area (Å²) in [6.45, 7) is 2.13. The molecule has 0 bridgehead atoms. The molecule has 1 aliphatic carbocycles. The summed E-state index contributed by atoms with van der Waals surface area (Å²) in [5, 5.41) is 0. The molecule has 0 N–H and O–H groups in total. The standard InChI is InChI=1S/C19H22FN3O3/c20-16-4-2-1-3-15(16)19(26)22-9-7-21(8-10-22)18(25)13-11-17(24)23(12-13)14-5-6-14/h1-4,13-14H,5-12H2. The number of likely N-dealkylation sites (tertiary alicyclic amines) is 1. The number of piperazine rings is 1. The van der Waals surface area contributed by atoms with E-state index < -0.39 is 5.82 Å². The van der Waals surface area contributed by atoms with E-state index in [1.54, 1.807) is 21.9 Å². The van der Waals surface area contributed by atoms with E-state index in [-0.39, 0.29) is 29.2 Å². The molecule has 138 valence electrons. The first-order chi connectivity index (χ1) is 12.5. The van der Waals surface area contributed by atoms with E-state index in [0.717, 1.165) is 12.8 Å². The van der Waals surface area contributed by atoms with Gasteiger partial charge in [0.1, 0.15) is 5.82 Å². The van der Waals surface area contributed by atoms with Crippen molar-refractivity contribution in [2.45, 2.75) is 25.3 Å². The largest absolute Gasteiger partial charge is 0.339 e. The maximum Gasteiger partial charge on any atom is 0.256 e. The van der Waals surface area contributed by atoms with Gasteiger partial charge in [0.25, 0.3) is 5.91 Å². The molecule has 2 saturated heterocycles. The van der Waals surface area contributed by atoms with Gasteiger partial charge in [-0.2, -0.15) is 0 Å². The van der Waals surface area contributed by atoms with Gasteiger partial charge in [0, 0.05) is 45.2 Å². The second-order valence-corrected chi connectivity index (χ2v) is 7.28. The monoisotopic (exact) mass is 359 g/mol. The van der Waals surface area contributed by atoms with Crippen molar-refractivity contribution in [2.75, 3.05) is 32.7 Å². The highest BCUT2D eigenvalue weighted by Gasteiger charge is 2.43. The zero-order chi connectivity index (χ0) is 18.3. The lowest BCUT2D eigenvalue weighted by Gasteiger charge is -2.36. The zero-order valence-electron chi connectivity index (χ0n) is 14.6. The first kappa shape index (κ1) is 17.0. The molecule has 26 heavy (non-hydrogen) atoms. The van der Waals surface area contributed by atoms with E-state index in [2.05, 4.69) is 0 Å². The molecule has 3 aliphatic rings. The minimum atomic E-state index is -0.527. The Balaban J connectivity index is 1.33. The third kappa shape index (κ3) is 3.18. The van der Waals surface area contributed by atoms with Gasteiger partial charge < -0.3 is 14.7 Å². The average molecular weight is 359 g/mol. The lowest BCUT2D eigenvalue weighted by Crippen LogP contribution is -2.52. The van der Waals surface area contributed by atoms with Crippen molar-refractivity contribution < 1.29 is 18.8 Å². The molecule has 3 fully saturated rings. The van der Waals surface area contributed by atoms with Crippen LogP contribution in [-0.4, -0.2) is 71.2 Å². The van der Waals surface area contributed by atoms with Crippen molar-refractivity contribution >= 4 is 17.7 Å². The van der Waals surface area contributed by atoms with E-state index in [9.17, 15) is 18.8 Å². The molecule has 1 saturated carbocycles. The minimum absolute atomic E-state index is 0.000472. The van der Waals surface area contributed by atoms with Crippen LogP contribution in [0.4, 0.5) is 4.39 Å². The number of hydrogen-bond acceptors (Lipinski definition) is 3. The Morgan fingerprint density at radius 3 is 2.31 bits per heavy atom. The van der Waals surface area contributed by atoms with Crippen molar-refractivity contribution in [1.29, 1.82) is 0 Å². The number of carbonyl (C=O) groups is 3. The molecule has 0 aromatic heterocycles. The third-order valence-corrected chi connectivity index (χ3v) is 5.48. The van der Waals surface area contributed by atoms with Crippen LogP contribution in [-0.2, 0) is 9.59 Å². The molecule has 7 heteroatoms. The molecule has 0 radical (unpaired) electrons. The summed E-state index contributed by atoms with van der Waals surface area (Å²) in [6.07, 6.45) is 2.39. The fourth-order valence-corrected chi connectivity index (χ4v) is 3.83. The van der Waals surface area contributed by atoms with Crippen molar-refractivity contribution in [3.05, 3.63) is 35.6 Å². The Morgan fingerprint density at radius 1 is 1.00 bits per heavy atom. The Morgan fingerprint density at radius 2 is 1.65 bits per heavy atom. The smallest absolute Gasteiger partial charge is 0.256 e. The second-order valence-electron chi connectivity index (χ2n) is 7.28. The summed E-state index contributed by atoms with van der Waals surface area (Å²) in [4.78, 5) is 42.4. The fraction of sp³-hybridized carbons (Fsp3) is 0.526. The maximum absolute atomic E-state index is 13.8. The molecule has 0 spiro atoms. The SMILES string of the molecule is O=C(c1ccccc1F)N1CCN(C(=O)C2CC(=O)N(C3CC3)C2)CC1. The molecule has 1 atom stereocenters. The van der Waals surface area contributed by atoms with Gasteiger partial charge >= 0.3 is 0 Å².